The quantitative estimate of drug-likeness (QED) is 0.428. The Bertz CT molecular complexity index is 195. The van der Waals surface area contributed by atoms with E-state index in [0.717, 1.165) is 19.5 Å². The predicted molar refractivity (Wildman–Crippen MR) is 52.7 cm³/mol. The molecule has 0 aromatic heterocycles. The minimum atomic E-state index is -0.200. The van der Waals surface area contributed by atoms with E-state index < -0.39 is 0 Å². The average Bonchev–Trinajstić information content (AvgIpc) is 2.30. The van der Waals surface area contributed by atoms with Gasteiger partial charge < -0.3 is 10.8 Å². The molecule has 0 aromatic carbocycles. The van der Waals surface area contributed by atoms with Gasteiger partial charge in [-0.2, -0.15) is 0 Å². The standard InChI is InChI=1S/C9H19N3O/c1-6(9(10)11)4-12-5-8(13)3-7(12)2/h6-8,13H,3-5H2,1-2H3,(H3,10,11). The molecule has 4 heteroatoms. The van der Waals surface area contributed by atoms with E-state index in [-0.39, 0.29) is 17.9 Å². The Kier molecular flexibility index (Phi) is 3.27. The molecule has 1 saturated heterocycles. The lowest BCUT2D eigenvalue weighted by molar-refractivity contribution is 0.172. The minimum Gasteiger partial charge on any atom is -0.392 e. The normalized spacial score (nSPS) is 31.9. The SMILES string of the molecule is CC(CN1CC(O)CC1C)C(=N)N. The fourth-order valence-electron chi connectivity index (χ4n) is 1.77. The summed E-state index contributed by atoms with van der Waals surface area (Å²) in [6.07, 6.45) is 0.638. The molecule has 1 aliphatic heterocycles. The third kappa shape index (κ3) is 2.67. The molecular formula is C9H19N3O. The lowest BCUT2D eigenvalue weighted by Crippen LogP contribution is -2.36. The van der Waals surface area contributed by atoms with E-state index in [0.29, 0.717) is 6.04 Å². The van der Waals surface area contributed by atoms with Crippen LogP contribution in [0.2, 0.25) is 0 Å². The van der Waals surface area contributed by atoms with Gasteiger partial charge in [0.25, 0.3) is 0 Å². The number of nitrogens with zero attached hydrogens (tertiary/aromatic N) is 1. The Morgan fingerprint density at radius 3 is 2.77 bits per heavy atom. The second-order valence-electron chi connectivity index (χ2n) is 4.05. The number of aliphatic hydroxyl groups is 1. The molecular weight excluding hydrogens is 166 g/mol. The number of rotatable bonds is 3. The highest BCUT2D eigenvalue weighted by Crippen LogP contribution is 2.18. The van der Waals surface area contributed by atoms with Crippen molar-refractivity contribution in [3.05, 3.63) is 0 Å². The summed E-state index contributed by atoms with van der Waals surface area (Å²) in [5.74, 6) is 0.321. The zero-order valence-electron chi connectivity index (χ0n) is 8.33. The molecule has 3 atom stereocenters. The van der Waals surface area contributed by atoms with Crippen LogP contribution >= 0.6 is 0 Å². The first-order valence-corrected chi connectivity index (χ1v) is 4.76. The van der Waals surface area contributed by atoms with E-state index in [1.165, 1.54) is 0 Å². The third-order valence-electron chi connectivity index (χ3n) is 2.72. The molecule has 0 saturated carbocycles. The average molecular weight is 185 g/mol. The van der Waals surface area contributed by atoms with Crippen molar-refractivity contribution in [3.8, 4) is 0 Å². The van der Waals surface area contributed by atoms with Gasteiger partial charge in [0, 0.05) is 25.0 Å². The maximum absolute atomic E-state index is 9.39. The number of β-amino-alcohol motifs (C(OH)–C–C–N with tert-alkyl or cyclic N) is 1. The van der Waals surface area contributed by atoms with Gasteiger partial charge in [-0.15, -0.1) is 0 Å². The molecule has 0 amide bonds. The van der Waals surface area contributed by atoms with Crippen LogP contribution in [-0.4, -0.2) is 41.1 Å². The summed E-state index contributed by atoms with van der Waals surface area (Å²) in [5.41, 5.74) is 5.39. The van der Waals surface area contributed by atoms with E-state index in [9.17, 15) is 5.11 Å². The molecule has 0 aliphatic carbocycles. The van der Waals surface area contributed by atoms with Gasteiger partial charge in [0.05, 0.1) is 11.9 Å². The van der Waals surface area contributed by atoms with Crippen LogP contribution in [0.15, 0.2) is 0 Å². The van der Waals surface area contributed by atoms with Crippen molar-refractivity contribution in [3.63, 3.8) is 0 Å². The van der Waals surface area contributed by atoms with Crippen molar-refractivity contribution in [2.24, 2.45) is 11.7 Å². The summed E-state index contributed by atoms with van der Waals surface area (Å²) < 4.78 is 0. The fraction of sp³-hybridized carbons (Fsp3) is 0.889. The number of aliphatic hydroxyl groups excluding tert-OH is 1. The van der Waals surface area contributed by atoms with E-state index in [2.05, 4.69) is 11.8 Å². The zero-order chi connectivity index (χ0) is 10.0. The molecule has 1 heterocycles. The van der Waals surface area contributed by atoms with Crippen LogP contribution in [0.1, 0.15) is 20.3 Å². The molecule has 1 aliphatic rings. The van der Waals surface area contributed by atoms with Crippen LogP contribution in [0.5, 0.6) is 0 Å². The molecule has 0 aromatic rings. The first-order valence-electron chi connectivity index (χ1n) is 4.76. The summed E-state index contributed by atoms with van der Waals surface area (Å²) in [5, 5.41) is 16.7. The second-order valence-corrected chi connectivity index (χ2v) is 4.05. The monoisotopic (exact) mass is 185 g/mol. The van der Waals surface area contributed by atoms with Crippen molar-refractivity contribution >= 4 is 5.84 Å². The first-order chi connectivity index (χ1) is 6.00. The van der Waals surface area contributed by atoms with Crippen molar-refractivity contribution in [1.82, 2.24) is 4.90 Å². The Morgan fingerprint density at radius 2 is 2.38 bits per heavy atom. The van der Waals surface area contributed by atoms with E-state index >= 15 is 0 Å². The summed E-state index contributed by atoms with van der Waals surface area (Å²) in [7, 11) is 0. The topological polar surface area (TPSA) is 73.3 Å². The Hall–Kier alpha value is -0.610. The largest absolute Gasteiger partial charge is 0.392 e. The summed E-state index contributed by atoms with van der Waals surface area (Å²) in [6.45, 7) is 5.55. The maximum Gasteiger partial charge on any atom is 0.0947 e. The Labute approximate surface area is 79.2 Å². The molecule has 4 N–H and O–H groups in total. The van der Waals surface area contributed by atoms with Crippen LogP contribution in [0, 0.1) is 11.3 Å². The van der Waals surface area contributed by atoms with Crippen molar-refractivity contribution in [2.45, 2.75) is 32.4 Å². The molecule has 1 fully saturated rings. The van der Waals surface area contributed by atoms with Gasteiger partial charge in [0.2, 0.25) is 0 Å². The molecule has 13 heavy (non-hydrogen) atoms. The number of amidine groups is 1. The first kappa shape index (κ1) is 10.5. The van der Waals surface area contributed by atoms with Gasteiger partial charge in [0.1, 0.15) is 0 Å². The van der Waals surface area contributed by atoms with Gasteiger partial charge >= 0.3 is 0 Å². The van der Waals surface area contributed by atoms with E-state index in [1.807, 2.05) is 6.92 Å². The molecule has 3 unspecified atom stereocenters. The Balaban J connectivity index is 2.41. The number of hydrogen-bond donors (Lipinski definition) is 3. The molecule has 0 spiro atoms. The van der Waals surface area contributed by atoms with Crippen LogP contribution in [0.25, 0.3) is 0 Å². The highest BCUT2D eigenvalue weighted by atomic mass is 16.3. The van der Waals surface area contributed by atoms with E-state index in [1.54, 1.807) is 0 Å². The van der Waals surface area contributed by atoms with Crippen LogP contribution in [0.4, 0.5) is 0 Å². The molecule has 0 radical (unpaired) electrons. The van der Waals surface area contributed by atoms with Crippen LogP contribution < -0.4 is 5.73 Å². The molecule has 1 rings (SSSR count). The minimum absolute atomic E-state index is 0.0905. The molecule has 76 valence electrons. The van der Waals surface area contributed by atoms with Crippen molar-refractivity contribution < 1.29 is 5.11 Å². The predicted octanol–water partition coefficient (Wildman–Crippen LogP) is 0.0136. The van der Waals surface area contributed by atoms with Gasteiger partial charge in [-0.3, -0.25) is 10.3 Å². The summed E-state index contributed by atoms with van der Waals surface area (Å²) in [4.78, 5) is 2.19. The zero-order valence-corrected chi connectivity index (χ0v) is 8.33. The lowest BCUT2D eigenvalue weighted by atomic mass is 10.1. The second kappa shape index (κ2) is 4.07. The number of nitrogens with two attached hydrogens (primary N) is 1. The van der Waals surface area contributed by atoms with E-state index in [4.69, 9.17) is 11.1 Å². The number of likely N-dealkylation sites (tertiary alicyclic amines) is 1. The lowest BCUT2D eigenvalue weighted by Gasteiger charge is -2.23. The van der Waals surface area contributed by atoms with Gasteiger partial charge in [0.15, 0.2) is 0 Å². The molecule has 4 nitrogen and oxygen atoms in total. The van der Waals surface area contributed by atoms with Gasteiger partial charge in [-0.05, 0) is 13.3 Å². The molecule has 0 bridgehead atoms. The smallest absolute Gasteiger partial charge is 0.0947 e. The highest BCUT2D eigenvalue weighted by Gasteiger charge is 2.28. The number of hydrogen-bond acceptors (Lipinski definition) is 3. The van der Waals surface area contributed by atoms with Crippen molar-refractivity contribution in [2.75, 3.05) is 13.1 Å². The third-order valence-corrected chi connectivity index (χ3v) is 2.72. The summed E-state index contributed by atoms with van der Waals surface area (Å²) in [6, 6.07) is 0.414. The summed E-state index contributed by atoms with van der Waals surface area (Å²) >= 11 is 0. The van der Waals surface area contributed by atoms with Crippen LogP contribution in [-0.2, 0) is 0 Å². The van der Waals surface area contributed by atoms with Crippen LogP contribution in [0.3, 0.4) is 0 Å². The fourth-order valence-corrected chi connectivity index (χ4v) is 1.77. The Morgan fingerprint density at radius 1 is 1.77 bits per heavy atom. The van der Waals surface area contributed by atoms with Gasteiger partial charge in [-0.1, -0.05) is 6.92 Å². The maximum atomic E-state index is 9.39. The van der Waals surface area contributed by atoms with Gasteiger partial charge in [-0.25, -0.2) is 0 Å². The van der Waals surface area contributed by atoms with Crippen molar-refractivity contribution in [1.29, 1.82) is 5.41 Å². The number of nitrogens with one attached hydrogen (secondary N) is 1. The highest BCUT2D eigenvalue weighted by molar-refractivity contribution is 5.79.